The molecular weight excluding hydrogens is 458 g/mol. The fraction of sp³-hybridized carbons (Fsp3) is 0.286. The standard InChI is InChI=1S/C28H31N3O3S/c1-4-15-30(28(33)29-22-9-5-20(2)6-10-22)18-27(32)31-16-13-26-24(14-17-35-26)25(31)19-34-23-11-7-21(3)8-12-23/h4-12,14,17,25H,1,13,15-16,18-19H2,2-3H3,(H,29,33). The van der Waals surface area contributed by atoms with E-state index in [0.717, 1.165) is 28.9 Å². The molecule has 0 bridgehead atoms. The molecule has 0 radical (unpaired) electrons. The number of amides is 3. The van der Waals surface area contributed by atoms with Gasteiger partial charge in [0.25, 0.3) is 0 Å². The fourth-order valence-corrected chi connectivity index (χ4v) is 5.08. The van der Waals surface area contributed by atoms with E-state index < -0.39 is 0 Å². The lowest BCUT2D eigenvalue weighted by Gasteiger charge is -2.37. The summed E-state index contributed by atoms with van der Waals surface area (Å²) >= 11 is 1.71. The minimum Gasteiger partial charge on any atom is -0.491 e. The molecular formula is C28H31N3O3S. The Morgan fingerprint density at radius 2 is 1.80 bits per heavy atom. The first kappa shape index (κ1) is 24.5. The van der Waals surface area contributed by atoms with Crippen LogP contribution in [0.5, 0.6) is 5.75 Å². The number of ether oxygens (including phenoxy) is 1. The van der Waals surface area contributed by atoms with Crippen LogP contribution in [0, 0.1) is 13.8 Å². The van der Waals surface area contributed by atoms with Gasteiger partial charge in [-0.3, -0.25) is 4.79 Å². The van der Waals surface area contributed by atoms with Crippen LogP contribution < -0.4 is 10.1 Å². The Balaban J connectivity index is 1.47. The molecule has 1 atom stereocenters. The van der Waals surface area contributed by atoms with Gasteiger partial charge in [-0.1, -0.05) is 41.5 Å². The molecule has 1 unspecified atom stereocenters. The number of anilines is 1. The third-order valence-electron chi connectivity index (χ3n) is 6.11. The summed E-state index contributed by atoms with van der Waals surface area (Å²) in [5.74, 6) is 0.663. The molecule has 0 aliphatic carbocycles. The molecule has 1 N–H and O–H groups in total. The highest BCUT2D eigenvalue weighted by Gasteiger charge is 2.33. The van der Waals surface area contributed by atoms with Gasteiger partial charge in [-0.05, 0) is 61.5 Å². The van der Waals surface area contributed by atoms with Gasteiger partial charge < -0.3 is 19.9 Å². The Morgan fingerprint density at radius 1 is 1.11 bits per heavy atom. The molecule has 3 amide bonds. The second-order valence-electron chi connectivity index (χ2n) is 8.74. The monoisotopic (exact) mass is 489 g/mol. The largest absolute Gasteiger partial charge is 0.491 e. The van der Waals surface area contributed by atoms with Crippen molar-refractivity contribution in [3.63, 3.8) is 0 Å². The summed E-state index contributed by atoms with van der Waals surface area (Å²) in [6, 6.07) is 17.0. The van der Waals surface area contributed by atoms with Crippen molar-refractivity contribution in [1.82, 2.24) is 9.80 Å². The smallest absolute Gasteiger partial charge is 0.322 e. The van der Waals surface area contributed by atoms with Crippen LogP contribution in [-0.2, 0) is 11.2 Å². The average Bonchev–Trinajstić information content (AvgIpc) is 3.34. The molecule has 4 rings (SSSR count). The molecule has 6 nitrogen and oxygen atoms in total. The molecule has 35 heavy (non-hydrogen) atoms. The number of nitrogens with zero attached hydrogens (tertiary/aromatic N) is 2. The summed E-state index contributed by atoms with van der Waals surface area (Å²) in [5.41, 5.74) is 4.09. The zero-order chi connectivity index (χ0) is 24.8. The van der Waals surface area contributed by atoms with E-state index in [0.29, 0.717) is 18.8 Å². The summed E-state index contributed by atoms with van der Waals surface area (Å²) in [6.07, 6.45) is 2.43. The second kappa shape index (κ2) is 11.2. The molecule has 0 spiro atoms. The van der Waals surface area contributed by atoms with E-state index in [9.17, 15) is 9.59 Å². The van der Waals surface area contributed by atoms with Crippen LogP contribution in [-0.4, -0.2) is 48.0 Å². The number of fused-ring (bicyclic) bond motifs is 1. The van der Waals surface area contributed by atoms with Gasteiger partial charge in [-0.2, -0.15) is 0 Å². The van der Waals surface area contributed by atoms with E-state index >= 15 is 0 Å². The van der Waals surface area contributed by atoms with Gasteiger partial charge in [0.2, 0.25) is 5.91 Å². The highest BCUT2D eigenvalue weighted by molar-refractivity contribution is 7.10. The molecule has 1 aliphatic heterocycles. The van der Waals surface area contributed by atoms with E-state index in [1.165, 1.54) is 9.78 Å². The summed E-state index contributed by atoms with van der Waals surface area (Å²) in [7, 11) is 0. The number of nitrogens with one attached hydrogen (secondary N) is 1. The molecule has 1 aromatic heterocycles. The normalized spacial score (nSPS) is 14.7. The third-order valence-corrected chi connectivity index (χ3v) is 7.11. The van der Waals surface area contributed by atoms with Gasteiger partial charge in [0.15, 0.2) is 0 Å². The molecule has 0 saturated heterocycles. The number of carbonyl (C=O) groups excluding carboxylic acids is 2. The van der Waals surface area contributed by atoms with Gasteiger partial charge >= 0.3 is 6.03 Å². The molecule has 2 heterocycles. The topological polar surface area (TPSA) is 61.9 Å². The first-order chi connectivity index (χ1) is 16.9. The maximum atomic E-state index is 13.5. The van der Waals surface area contributed by atoms with E-state index in [4.69, 9.17) is 4.74 Å². The summed E-state index contributed by atoms with van der Waals surface area (Å²) < 4.78 is 6.10. The predicted octanol–water partition coefficient (Wildman–Crippen LogP) is 5.59. The number of carbonyl (C=O) groups is 2. The molecule has 1 aliphatic rings. The number of benzene rings is 2. The lowest BCUT2D eigenvalue weighted by molar-refractivity contribution is -0.135. The van der Waals surface area contributed by atoms with Crippen molar-refractivity contribution in [2.45, 2.75) is 26.3 Å². The molecule has 3 aromatic rings. The average molecular weight is 490 g/mol. The summed E-state index contributed by atoms with van der Waals surface area (Å²) in [5, 5.41) is 4.95. The van der Waals surface area contributed by atoms with Gasteiger partial charge in [0.1, 0.15) is 18.9 Å². The Bertz CT molecular complexity index is 1170. The van der Waals surface area contributed by atoms with Crippen molar-refractivity contribution >= 4 is 29.0 Å². The minimum atomic E-state index is -0.331. The summed E-state index contributed by atoms with van der Waals surface area (Å²) in [4.78, 5) is 31.1. The molecule has 0 fully saturated rings. The first-order valence-electron chi connectivity index (χ1n) is 11.7. The number of thiophene rings is 1. The second-order valence-corrected chi connectivity index (χ2v) is 9.74. The lowest BCUT2D eigenvalue weighted by atomic mass is 10.0. The Kier molecular flexibility index (Phi) is 7.87. The fourth-order valence-electron chi connectivity index (χ4n) is 4.15. The van der Waals surface area contributed by atoms with Crippen molar-refractivity contribution in [3.05, 3.63) is 94.2 Å². The van der Waals surface area contributed by atoms with Gasteiger partial charge in [-0.15, -0.1) is 17.9 Å². The van der Waals surface area contributed by atoms with Crippen LogP contribution in [0.15, 0.2) is 72.6 Å². The predicted molar refractivity (Wildman–Crippen MR) is 141 cm³/mol. The van der Waals surface area contributed by atoms with Crippen molar-refractivity contribution < 1.29 is 14.3 Å². The third kappa shape index (κ3) is 6.11. The van der Waals surface area contributed by atoms with Crippen molar-refractivity contribution in [1.29, 1.82) is 0 Å². The van der Waals surface area contributed by atoms with Crippen LogP contribution in [0.3, 0.4) is 0 Å². The lowest BCUT2D eigenvalue weighted by Crippen LogP contribution is -2.48. The van der Waals surface area contributed by atoms with Gasteiger partial charge in [-0.25, -0.2) is 4.79 Å². The number of hydrogen-bond donors (Lipinski definition) is 1. The number of urea groups is 1. The summed E-state index contributed by atoms with van der Waals surface area (Å²) in [6.45, 7) is 8.97. The van der Waals surface area contributed by atoms with E-state index in [1.807, 2.05) is 67.3 Å². The van der Waals surface area contributed by atoms with Gasteiger partial charge in [0, 0.05) is 23.7 Å². The van der Waals surface area contributed by atoms with Crippen LogP contribution in [0.4, 0.5) is 10.5 Å². The van der Waals surface area contributed by atoms with Crippen LogP contribution in [0.2, 0.25) is 0 Å². The van der Waals surface area contributed by atoms with E-state index in [1.54, 1.807) is 17.4 Å². The maximum Gasteiger partial charge on any atom is 0.322 e. The van der Waals surface area contributed by atoms with Crippen molar-refractivity contribution in [2.24, 2.45) is 0 Å². The van der Waals surface area contributed by atoms with E-state index in [2.05, 4.69) is 23.3 Å². The van der Waals surface area contributed by atoms with Gasteiger partial charge in [0.05, 0.1) is 6.04 Å². The molecule has 182 valence electrons. The SMILES string of the molecule is C=CCN(CC(=O)N1CCc2sccc2C1COc1ccc(C)cc1)C(=O)Nc1ccc(C)cc1. The zero-order valence-electron chi connectivity index (χ0n) is 20.2. The van der Waals surface area contributed by atoms with Crippen molar-refractivity contribution in [3.8, 4) is 5.75 Å². The molecule has 7 heteroatoms. The number of hydrogen-bond acceptors (Lipinski definition) is 4. The quantitative estimate of drug-likeness (QED) is 0.420. The Labute approximate surface area is 210 Å². The minimum absolute atomic E-state index is 0.0375. The van der Waals surface area contributed by atoms with Crippen LogP contribution in [0.1, 0.15) is 27.6 Å². The maximum absolute atomic E-state index is 13.5. The molecule has 0 saturated carbocycles. The zero-order valence-corrected chi connectivity index (χ0v) is 21.0. The van der Waals surface area contributed by atoms with E-state index in [-0.39, 0.29) is 31.1 Å². The van der Waals surface area contributed by atoms with Crippen LogP contribution in [0.25, 0.3) is 0 Å². The molecule has 2 aromatic carbocycles. The first-order valence-corrected chi connectivity index (χ1v) is 12.6. The van der Waals surface area contributed by atoms with Crippen LogP contribution >= 0.6 is 11.3 Å². The Hall–Kier alpha value is -3.58. The Morgan fingerprint density at radius 3 is 2.49 bits per heavy atom. The highest BCUT2D eigenvalue weighted by atomic mass is 32.1. The number of rotatable bonds is 8. The highest BCUT2D eigenvalue weighted by Crippen LogP contribution is 2.34. The number of aryl methyl sites for hydroxylation is 2. The van der Waals surface area contributed by atoms with Crippen molar-refractivity contribution in [2.75, 3.05) is 31.6 Å².